The van der Waals surface area contributed by atoms with E-state index < -0.39 is 0 Å². The van der Waals surface area contributed by atoms with Gasteiger partial charge in [-0.15, -0.1) is 0 Å². The highest BCUT2D eigenvalue weighted by atomic mass is 16.5. The van der Waals surface area contributed by atoms with Gasteiger partial charge in [0.1, 0.15) is 11.8 Å². The third-order valence-electron chi connectivity index (χ3n) is 5.48. The van der Waals surface area contributed by atoms with Crippen molar-refractivity contribution in [3.05, 3.63) is 41.1 Å². The molecule has 116 valence electrons. The van der Waals surface area contributed by atoms with Crippen LogP contribution in [0.2, 0.25) is 0 Å². The summed E-state index contributed by atoms with van der Waals surface area (Å²) in [6.07, 6.45) is 7.41. The lowest BCUT2D eigenvalue weighted by Crippen LogP contribution is -2.88. The summed E-state index contributed by atoms with van der Waals surface area (Å²) in [7, 11) is 1.74. The SMILES string of the molecule is COc1ccc2[nH]c3c(c2c1)CC[NH2+][C@H]3[C@@H]1CC=C(C)CC1. The van der Waals surface area contributed by atoms with Gasteiger partial charge in [0.15, 0.2) is 0 Å². The lowest BCUT2D eigenvalue weighted by atomic mass is 9.81. The Kier molecular flexibility index (Phi) is 3.45. The van der Waals surface area contributed by atoms with Crippen LogP contribution in [0.25, 0.3) is 10.9 Å². The minimum Gasteiger partial charge on any atom is -0.497 e. The summed E-state index contributed by atoms with van der Waals surface area (Å²) in [6.45, 7) is 3.46. The number of quaternary nitrogens is 1. The summed E-state index contributed by atoms with van der Waals surface area (Å²) in [6, 6.07) is 6.99. The molecule has 0 amide bonds. The molecular formula is C19H25N2O+. The van der Waals surface area contributed by atoms with E-state index in [0.717, 1.165) is 18.1 Å². The molecule has 0 bridgehead atoms. The average molecular weight is 297 g/mol. The number of nitrogens with one attached hydrogen (secondary N) is 1. The van der Waals surface area contributed by atoms with Crippen molar-refractivity contribution in [1.82, 2.24) is 4.98 Å². The molecule has 0 radical (unpaired) electrons. The molecule has 0 saturated carbocycles. The first-order chi connectivity index (χ1) is 10.8. The zero-order valence-corrected chi connectivity index (χ0v) is 13.5. The molecule has 1 aliphatic heterocycles. The molecule has 2 heterocycles. The largest absolute Gasteiger partial charge is 0.497 e. The third kappa shape index (κ3) is 2.24. The van der Waals surface area contributed by atoms with E-state index in [1.807, 2.05) is 0 Å². The smallest absolute Gasteiger partial charge is 0.130 e. The van der Waals surface area contributed by atoms with Crippen LogP contribution >= 0.6 is 0 Å². The number of rotatable bonds is 2. The van der Waals surface area contributed by atoms with E-state index >= 15 is 0 Å². The predicted octanol–water partition coefficient (Wildman–Crippen LogP) is 3.08. The van der Waals surface area contributed by atoms with Gasteiger partial charge in [-0.25, -0.2) is 0 Å². The van der Waals surface area contributed by atoms with Crippen molar-refractivity contribution in [3.8, 4) is 5.75 Å². The maximum absolute atomic E-state index is 5.41. The number of aromatic nitrogens is 1. The molecule has 3 heteroatoms. The van der Waals surface area contributed by atoms with E-state index in [4.69, 9.17) is 4.74 Å². The first kappa shape index (κ1) is 13.9. The molecule has 0 fully saturated rings. The summed E-state index contributed by atoms with van der Waals surface area (Å²) in [5.41, 5.74) is 5.81. The molecule has 1 aromatic carbocycles. The maximum atomic E-state index is 5.41. The van der Waals surface area contributed by atoms with Crippen molar-refractivity contribution in [3.63, 3.8) is 0 Å². The molecule has 3 nitrogen and oxygen atoms in total. The normalized spacial score (nSPS) is 24.9. The molecule has 0 unspecified atom stereocenters. The van der Waals surface area contributed by atoms with Crippen LogP contribution in [0.5, 0.6) is 5.75 Å². The number of fused-ring (bicyclic) bond motifs is 3. The molecule has 0 saturated heterocycles. The summed E-state index contributed by atoms with van der Waals surface area (Å²) >= 11 is 0. The van der Waals surface area contributed by atoms with Gasteiger partial charge < -0.3 is 15.0 Å². The van der Waals surface area contributed by atoms with Gasteiger partial charge in [-0.2, -0.15) is 0 Å². The lowest BCUT2D eigenvalue weighted by molar-refractivity contribution is -0.706. The number of hydrogen-bond acceptors (Lipinski definition) is 1. The second kappa shape index (κ2) is 5.47. The van der Waals surface area contributed by atoms with Crippen LogP contribution in [0.1, 0.15) is 43.5 Å². The van der Waals surface area contributed by atoms with Crippen molar-refractivity contribution >= 4 is 10.9 Å². The average Bonchev–Trinajstić information content (AvgIpc) is 2.93. The minimum atomic E-state index is 0.589. The minimum absolute atomic E-state index is 0.589. The van der Waals surface area contributed by atoms with Crippen LogP contribution in [0.3, 0.4) is 0 Å². The number of H-pyrrole nitrogens is 1. The molecule has 22 heavy (non-hydrogen) atoms. The van der Waals surface area contributed by atoms with Gasteiger partial charge in [-0.05, 0) is 49.9 Å². The molecule has 4 rings (SSSR count). The molecular weight excluding hydrogens is 272 g/mol. The van der Waals surface area contributed by atoms with Crippen molar-refractivity contribution in [1.29, 1.82) is 0 Å². The van der Waals surface area contributed by atoms with Crippen molar-refractivity contribution in [2.75, 3.05) is 13.7 Å². The van der Waals surface area contributed by atoms with E-state index in [2.05, 4.69) is 41.5 Å². The van der Waals surface area contributed by atoms with Crippen molar-refractivity contribution in [2.24, 2.45) is 5.92 Å². The fourth-order valence-corrected chi connectivity index (χ4v) is 4.19. The van der Waals surface area contributed by atoms with Crippen LogP contribution in [0, 0.1) is 5.92 Å². The van der Waals surface area contributed by atoms with Crippen LogP contribution in [0.15, 0.2) is 29.8 Å². The van der Waals surface area contributed by atoms with Gasteiger partial charge in [-0.3, -0.25) is 0 Å². The zero-order chi connectivity index (χ0) is 15.1. The van der Waals surface area contributed by atoms with Crippen LogP contribution in [-0.4, -0.2) is 18.6 Å². The number of nitrogens with two attached hydrogens (primary N) is 1. The number of methoxy groups -OCH3 is 1. The number of hydrogen-bond donors (Lipinski definition) is 2. The van der Waals surface area contributed by atoms with Crippen molar-refractivity contribution in [2.45, 2.75) is 38.6 Å². The Morgan fingerprint density at radius 2 is 2.18 bits per heavy atom. The summed E-state index contributed by atoms with van der Waals surface area (Å²) in [4.78, 5) is 3.72. The van der Waals surface area contributed by atoms with E-state index in [1.54, 1.807) is 12.7 Å². The number of ether oxygens (including phenoxy) is 1. The lowest BCUT2D eigenvalue weighted by Gasteiger charge is -2.30. The molecule has 2 aromatic rings. The van der Waals surface area contributed by atoms with Gasteiger partial charge in [0.05, 0.1) is 19.3 Å². The Morgan fingerprint density at radius 1 is 1.27 bits per heavy atom. The topological polar surface area (TPSA) is 41.6 Å². The van der Waals surface area contributed by atoms with E-state index in [0.29, 0.717) is 6.04 Å². The van der Waals surface area contributed by atoms with Gasteiger partial charge in [0, 0.05) is 23.2 Å². The molecule has 0 spiro atoms. The van der Waals surface area contributed by atoms with Crippen molar-refractivity contribution < 1.29 is 10.1 Å². The highest BCUT2D eigenvalue weighted by Gasteiger charge is 2.34. The van der Waals surface area contributed by atoms with E-state index in [1.165, 1.54) is 48.0 Å². The Hall–Kier alpha value is -1.74. The molecule has 1 aliphatic carbocycles. The zero-order valence-electron chi connectivity index (χ0n) is 13.5. The molecule has 2 aliphatic rings. The Balaban J connectivity index is 1.75. The monoisotopic (exact) mass is 297 g/mol. The first-order valence-electron chi connectivity index (χ1n) is 8.43. The standard InChI is InChI=1S/C19H24N2O/c1-12-3-5-13(6-4-12)18-19-15(9-10-20-18)16-11-14(22-2)7-8-17(16)21-19/h3,7-8,11,13,18,20-21H,4-6,9-10H2,1-2H3/p+1/t13-,18+/m1/s1. The van der Waals surface area contributed by atoms with Gasteiger partial charge >= 0.3 is 0 Å². The van der Waals surface area contributed by atoms with Gasteiger partial charge in [-0.1, -0.05) is 11.6 Å². The first-order valence-corrected chi connectivity index (χ1v) is 8.43. The summed E-state index contributed by atoms with van der Waals surface area (Å²) < 4.78 is 5.41. The number of benzene rings is 1. The second-order valence-corrected chi connectivity index (χ2v) is 6.81. The fraction of sp³-hybridized carbons (Fsp3) is 0.474. The van der Waals surface area contributed by atoms with Crippen LogP contribution in [-0.2, 0) is 6.42 Å². The third-order valence-corrected chi connectivity index (χ3v) is 5.48. The molecule has 2 atom stereocenters. The summed E-state index contributed by atoms with van der Waals surface area (Å²) in [5, 5.41) is 3.91. The molecule has 1 aromatic heterocycles. The second-order valence-electron chi connectivity index (χ2n) is 6.81. The predicted molar refractivity (Wildman–Crippen MR) is 89.2 cm³/mol. The number of allylic oxidation sites excluding steroid dienone is 2. The Morgan fingerprint density at radius 3 is 2.95 bits per heavy atom. The fourth-order valence-electron chi connectivity index (χ4n) is 4.19. The van der Waals surface area contributed by atoms with Crippen LogP contribution < -0.4 is 10.1 Å². The maximum Gasteiger partial charge on any atom is 0.130 e. The Labute approximate surface area is 131 Å². The Bertz CT molecular complexity index is 728. The molecule has 3 N–H and O–H groups in total. The summed E-state index contributed by atoms with van der Waals surface area (Å²) in [5.74, 6) is 1.72. The van der Waals surface area contributed by atoms with E-state index in [9.17, 15) is 0 Å². The highest BCUT2D eigenvalue weighted by Crippen LogP contribution is 2.37. The van der Waals surface area contributed by atoms with Crippen LogP contribution in [0.4, 0.5) is 0 Å². The number of aromatic amines is 1. The van der Waals surface area contributed by atoms with Gasteiger partial charge in [0.25, 0.3) is 0 Å². The highest BCUT2D eigenvalue weighted by molar-refractivity contribution is 5.86. The van der Waals surface area contributed by atoms with Gasteiger partial charge in [0.2, 0.25) is 0 Å². The van der Waals surface area contributed by atoms with E-state index in [-0.39, 0.29) is 0 Å². The quantitative estimate of drug-likeness (QED) is 0.822.